The molecule has 3 aromatic rings. The number of nitrogens with one attached hydrogen (secondary N) is 2. The molecular weight excluding hydrogens is 480 g/mol. The molecule has 1 aliphatic heterocycles. The molecule has 12 heteroatoms. The summed E-state index contributed by atoms with van der Waals surface area (Å²) in [6.45, 7) is 6.38. The van der Waals surface area contributed by atoms with Gasteiger partial charge in [0.05, 0.1) is 40.8 Å². The summed E-state index contributed by atoms with van der Waals surface area (Å²) in [5.74, 6) is 0.738. The molecule has 36 heavy (non-hydrogen) atoms. The van der Waals surface area contributed by atoms with Gasteiger partial charge in [-0.15, -0.1) is 0 Å². The molecule has 2 aliphatic rings. The van der Waals surface area contributed by atoms with Crippen LogP contribution in [0.2, 0.25) is 5.02 Å². The Hall–Kier alpha value is -3.64. The largest absolute Gasteiger partial charge is 0.395 e. The average Bonchev–Trinajstić information content (AvgIpc) is 3.58. The number of rotatable bonds is 7. The number of aliphatic hydroxyl groups excluding tert-OH is 1. The minimum absolute atomic E-state index is 0.111. The van der Waals surface area contributed by atoms with Gasteiger partial charge in [-0.25, -0.2) is 0 Å². The number of aromatic nitrogens is 4. The van der Waals surface area contributed by atoms with Crippen molar-refractivity contribution in [3.05, 3.63) is 34.5 Å². The number of hydrogen-bond donors (Lipinski definition) is 3. The molecule has 1 aromatic carbocycles. The first-order valence-electron chi connectivity index (χ1n) is 12.0. The number of anilines is 4. The highest BCUT2D eigenvalue weighted by Gasteiger charge is 2.31. The number of benzene rings is 1. The fourth-order valence-electron chi connectivity index (χ4n) is 4.74. The predicted octanol–water partition coefficient (Wildman–Crippen LogP) is 2.73. The average molecular weight is 507 g/mol. The number of piperazine rings is 1. The number of nitrogens with zero attached hydrogens (tertiary/aromatic N) is 8. The maximum absolute atomic E-state index is 9.73. The van der Waals surface area contributed by atoms with Gasteiger partial charge in [-0.05, 0) is 38.8 Å². The molecule has 0 radical (unpaired) electrons. The molecule has 0 unspecified atom stereocenters. The lowest BCUT2D eigenvalue weighted by molar-refractivity contribution is 0.103. The summed E-state index contributed by atoms with van der Waals surface area (Å²) in [6.07, 6.45) is 3.55. The highest BCUT2D eigenvalue weighted by molar-refractivity contribution is 6.36. The van der Waals surface area contributed by atoms with E-state index in [9.17, 15) is 15.6 Å². The van der Waals surface area contributed by atoms with E-state index in [0.29, 0.717) is 59.1 Å². The maximum Gasteiger partial charge on any atom is 0.232 e. The van der Waals surface area contributed by atoms with Crippen LogP contribution in [-0.4, -0.2) is 74.0 Å². The molecule has 2 atom stereocenters. The summed E-state index contributed by atoms with van der Waals surface area (Å²) < 4.78 is 1.52. The molecule has 0 bridgehead atoms. The van der Waals surface area contributed by atoms with Crippen LogP contribution in [0.5, 0.6) is 0 Å². The Labute approximate surface area is 213 Å². The van der Waals surface area contributed by atoms with Crippen molar-refractivity contribution in [1.82, 2.24) is 24.5 Å². The summed E-state index contributed by atoms with van der Waals surface area (Å²) in [5.41, 5.74) is 2.42. The fourth-order valence-corrected chi connectivity index (χ4v) is 5.02. The first-order chi connectivity index (χ1) is 17.4. The molecule has 0 amide bonds. The highest BCUT2D eigenvalue weighted by atomic mass is 35.5. The van der Waals surface area contributed by atoms with E-state index in [1.54, 1.807) is 12.1 Å². The van der Waals surface area contributed by atoms with E-state index >= 15 is 0 Å². The van der Waals surface area contributed by atoms with Gasteiger partial charge in [0.1, 0.15) is 11.6 Å². The second-order valence-corrected chi connectivity index (χ2v) is 9.73. The van der Waals surface area contributed by atoms with Gasteiger partial charge in [-0.3, -0.25) is 4.90 Å². The van der Waals surface area contributed by atoms with Crippen LogP contribution < -0.4 is 15.5 Å². The van der Waals surface area contributed by atoms with Gasteiger partial charge in [0.25, 0.3) is 0 Å². The number of nitriles is 2. The zero-order chi connectivity index (χ0) is 25.4. The van der Waals surface area contributed by atoms with E-state index in [1.807, 2.05) is 0 Å². The van der Waals surface area contributed by atoms with Crippen LogP contribution in [0, 0.1) is 22.7 Å². The molecule has 1 saturated carbocycles. The van der Waals surface area contributed by atoms with E-state index in [2.05, 4.69) is 61.5 Å². The maximum atomic E-state index is 9.73. The van der Waals surface area contributed by atoms with Crippen molar-refractivity contribution in [2.75, 3.05) is 41.8 Å². The molecule has 1 aliphatic carbocycles. The second-order valence-electron chi connectivity index (χ2n) is 9.35. The third kappa shape index (κ3) is 4.61. The summed E-state index contributed by atoms with van der Waals surface area (Å²) in [6, 6.07) is 8.52. The minimum Gasteiger partial charge on any atom is -0.395 e. The topological polar surface area (TPSA) is 141 Å². The Morgan fingerprint density at radius 3 is 2.53 bits per heavy atom. The SMILES string of the molecule is C[C@@H]1CN(c2cc(C#N)cc(Nc3nc(NC4CC4)n4ncc(C#N)c4n3)c2Cl)C[C@H](C)N1CCO. The Morgan fingerprint density at radius 2 is 1.89 bits per heavy atom. The van der Waals surface area contributed by atoms with Crippen LogP contribution in [0.3, 0.4) is 0 Å². The highest BCUT2D eigenvalue weighted by Crippen LogP contribution is 2.37. The molecule has 5 rings (SSSR count). The van der Waals surface area contributed by atoms with E-state index in [0.717, 1.165) is 18.5 Å². The molecule has 2 aromatic heterocycles. The van der Waals surface area contributed by atoms with Gasteiger partial charge < -0.3 is 20.6 Å². The van der Waals surface area contributed by atoms with E-state index < -0.39 is 0 Å². The predicted molar refractivity (Wildman–Crippen MR) is 137 cm³/mol. The lowest BCUT2D eigenvalue weighted by atomic mass is 10.1. The van der Waals surface area contributed by atoms with Gasteiger partial charge in [0, 0.05) is 37.8 Å². The van der Waals surface area contributed by atoms with Crippen molar-refractivity contribution in [2.45, 2.75) is 44.8 Å². The van der Waals surface area contributed by atoms with Crippen molar-refractivity contribution in [2.24, 2.45) is 0 Å². The molecular formula is C24H27ClN10O. The number of fused-ring (bicyclic) bond motifs is 1. The van der Waals surface area contributed by atoms with Crippen LogP contribution in [0.4, 0.5) is 23.3 Å². The third-order valence-electron chi connectivity index (χ3n) is 6.63. The van der Waals surface area contributed by atoms with Crippen LogP contribution in [-0.2, 0) is 0 Å². The van der Waals surface area contributed by atoms with Crippen LogP contribution in [0.15, 0.2) is 18.3 Å². The summed E-state index contributed by atoms with van der Waals surface area (Å²) in [7, 11) is 0. The Kier molecular flexibility index (Phi) is 6.54. The zero-order valence-corrected chi connectivity index (χ0v) is 20.9. The molecule has 1 saturated heterocycles. The van der Waals surface area contributed by atoms with Gasteiger partial charge in [-0.1, -0.05) is 11.6 Å². The van der Waals surface area contributed by atoms with Crippen molar-refractivity contribution < 1.29 is 5.11 Å². The van der Waals surface area contributed by atoms with Crippen molar-refractivity contribution >= 4 is 40.5 Å². The first-order valence-corrected chi connectivity index (χ1v) is 12.3. The number of β-amino-alcohol motifs (C(OH)–C–C–N with tert-alkyl or cyclic N) is 1. The zero-order valence-electron chi connectivity index (χ0n) is 20.1. The quantitative estimate of drug-likeness (QED) is 0.437. The fraction of sp³-hybridized carbons (Fsp3) is 0.458. The van der Waals surface area contributed by atoms with Gasteiger partial charge in [0.15, 0.2) is 5.65 Å². The summed E-state index contributed by atoms with van der Waals surface area (Å²) >= 11 is 6.90. The van der Waals surface area contributed by atoms with Crippen LogP contribution in [0.1, 0.15) is 37.8 Å². The number of aliphatic hydroxyl groups is 1. The second kappa shape index (κ2) is 9.78. The Bertz CT molecular complexity index is 1360. The summed E-state index contributed by atoms with van der Waals surface area (Å²) in [4.78, 5) is 13.5. The minimum atomic E-state index is 0.111. The molecule has 11 nitrogen and oxygen atoms in total. The van der Waals surface area contributed by atoms with E-state index in [1.165, 1.54) is 10.7 Å². The van der Waals surface area contributed by atoms with Gasteiger partial charge >= 0.3 is 0 Å². The van der Waals surface area contributed by atoms with Crippen LogP contribution in [0.25, 0.3) is 5.65 Å². The number of halogens is 1. The Morgan fingerprint density at radius 1 is 1.14 bits per heavy atom. The monoisotopic (exact) mass is 506 g/mol. The van der Waals surface area contributed by atoms with E-state index in [-0.39, 0.29) is 24.6 Å². The molecule has 186 valence electrons. The molecule has 3 heterocycles. The van der Waals surface area contributed by atoms with Crippen molar-refractivity contribution in [1.29, 1.82) is 10.5 Å². The third-order valence-corrected chi connectivity index (χ3v) is 7.03. The lowest BCUT2D eigenvalue weighted by Gasteiger charge is -2.45. The van der Waals surface area contributed by atoms with E-state index in [4.69, 9.17) is 11.6 Å². The smallest absolute Gasteiger partial charge is 0.232 e. The van der Waals surface area contributed by atoms with Gasteiger partial charge in [0.2, 0.25) is 11.9 Å². The molecule has 0 spiro atoms. The first kappa shape index (κ1) is 24.1. The number of hydrogen-bond acceptors (Lipinski definition) is 10. The summed E-state index contributed by atoms with van der Waals surface area (Å²) in [5, 5.41) is 39.9. The normalized spacial score (nSPS) is 20.2. The Balaban J connectivity index is 1.50. The molecule has 2 fully saturated rings. The van der Waals surface area contributed by atoms with Crippen LogP contribution >= 0.6 is 11.6 Å². The lowest BCUT2D eigenvalue weighted by Crippen LogP contribution is -2.57. The molecule has 3 N–H and O–H groups in total. The van der Waals surface area contributed by atoms with Crippen molar-refractivity contribution in [3.8, 4) is 12.1 Å². The standard InChI is InChI=1S/C24H27ClN10O/c1-14-12-33(13-15(2)34(14)5-6-36)20-8-16(9-26)7-19(21(20)25)30-23-31-22-17(10-27)11-28-35(22)24(32-23)29-18-3-4-18/h7-8,11,14-15,18,36H,3-6,12-13H2,1-2H3,(H2,29,30,31,32)/t14-,15+. The van der Waals surface area contributed by atoms with Crippen molar-refractivity contribution in [3.63, 3.8) is 0 Å². The van der Waals surface area contributed by atoms with Gasteiger partial charge in [-0.2, -0.15) is 30.1 Å².